The summed E-state index contributed by atoms with van der Waals surface area (Å²) >= 11 is 0. The summed E-state index contributed by atoms with van der Waals surface area (Å²) in [6, 6.07) is 0. The van der Waals surface area contributed by atoms with Crippen LogP contribution in [0.2, 0.25) is 0 Å². The molecule has 0 saturated heterocycles. The summed E-state index contributed by atoms with van der Waals surface area (Å²) in [4.78, 5) is 12.1. The molecular formula is C16H26O3. The molecule has 3 nitrogen and oxygen atoms in total. The fourth-order valence-electron chi connectivity index (χ4n) is 5.92. The first-order valence-electron chi connectivity index (χ1n) is 7.60. The Bertz CT molecular complexity index is 403. The highest BCUT2D eigenvalue weighted by Gasteiger charge is 2.69. The van der Waals surface area contributed by atoms with Crippen molar-refractivity contribution in [2.45, 2.75) is 52.6 Å². The van der Waals surface area contributed by atoms with Crippen LogP contribution in [-0.4, -0.2) is 24.3 Å². The van der Waals surface area contributed by atoms with Gasteiger partial charge in [0.05, 0.1) is 19.1 Å². The molecule has 3 saturated carbocycles. The predicted molar refractivity (Wildman–Crippen MR) is 72.3 cm³/mol. The van der Waals surface area contributed by atoms with Crippen LogP contribution in [0.3, 0.4) is 0 Å². The van der Waals surface area contributed by atoms with E-state index in [0.717, 1.165) is 19.3 Å². The molecule has 0 aromatic rings. The lowest BCUT2D eigenvalue weighted by atomic mass is 9.68. The molecule has 0 heterocycles. The van der Waals surface area contributed by atoms with Crippen molar-refractivity contribution in [3.63, 3.8) is 0 Å². The molecule has 0 aromatic carbocycles. The fourth-order valence-corrected chi connectivity index (χ4v) is 5.92. The Labute approximate surface area is 115 Å². The third kappa shape index (κ3) is 1.51. The van der Waals surface area contributed by atoms with Crippen LogP contribution in [0.5, 0.6) is 0 Å². The molecule has 3 heteroatoms. The average Bonchev–Trinajstić information content (AvgIpc) is 2.89. The normalized spacial score (nSPS) is 50.9. The van der Waals surface area contributed by atoms with Gasteiger partial charge in [0, 0.05) is 0 Å². The molecule has 1 N–H and O–H groups in total. The summed E-state index contributed by atoms with van der Waals surface area (Å²) in [5, 5.41) is 10.7. The molecule has 19 heavy (non-hydrogen) atoms. The van der Waals surface area contributed by atoms with Gasteiger partial charge >= 0.3 is 5.97 Å². The quantitative estimate of drug-likeness (QED) is 0.742. The molecule has 3 aliphatic carbocycles. The van der Waals surface area contributed by atoms with E-state index < -0.39 is 0 Å². The first-order valence-corrected chi connectivity index (χ1v) is 7.60. The van der Waals surface area contributed by atoms with Crippen LogP contribution in [-0.2, 0) is 9.53 Å². The van der Waals surface area contributed by atoms with Crippen molar-refractivity contribution in [2.75, 3.05) is 7.11 Å². The maximum atomic E-state index is 12.1. The molecular weight excluding hydrogens is 240 g/mol. The molecule has 6 atom stereocenters. The molecule has 3 rings (SSSR count). The number of carbonyl (C=O) groups is 1. The summed E-state index contributed by atoms with van der Waals surface area (Å²) in [7, 11) is 1.49. The van der Waals surface area contributed by atoms with Gasteiger partial charge in [-0.2, -0.15) is 0 Å². The monoisotopic (exact) mass is 266 g/mol. The third-order valence-electron chi connectivity index (χ3n) is 6.65. The summed E-state index contributed by atoms with van der Waals surface area (Å²) in [5.74, 6) is 1.29. The highest BCUT2D eigenvalue weighted by molar-refractivity contribution is 5.73. The zero-order chi connectivity index (χ0) is 14.0. The van der Waals surface area contributed by atoms with Gasteiger partial charge in [0.25, 0.3) is 0 Å². The first kappa shape index (κ1) is 13.4. The second-order valence-corrected chi connectivity index (χ2v) is 7.78. The summed E-state index contributed by atoms with van der Waals surface area (Å²) < 4.78 is 5.01. The van der Waals surface area contributed by atoms with Gasteiger partial charge in [0.2, 0.25) is 0 Å². The molecule has 0 radical (unpaired) electrons. The van der Waals surface area contributed by atoms with E-state index in [1.54, 1.807) is 0 Å². The standard InChI is InChI=1S/C16H26O3/c1-9-5-6-11-10(14(18)19-4)7-12-13(17)15(2,3)8-16(9,11)12/h9-13,17H,5-8H2,1-4H3/t9-,10-,11-,12+,13+,16-/m1/s1. The molecule has 0 unspecified atom stereocenters. The number of hydrogen-bond acceptors (Lipinski definition) is 3. The van der Waals surface area contributed by atoms with E-state index in [0.29, 0.717) is 11.8 Å². The maximum Gasteiger partial charge on any atom is 0.308 e. The number of aliphatic hydroxyl groups is 1. The Morgan fingerprint density at radius 2 is 1.95 bits per heavy atom. The topological polar surface area (TPSA) is 46.5 Å². The van der Waals surface area contributed by atoms with Crippen LogP contribution in [0.4, 0.5) is 0 Å². The minimum Gasteiger partial charge on any atom is -0.469 e. The molecule has 0 bridgehead atoms. The number of methoxy groups -OCH3 is 1. The van der Waals surface area contributed by atoms with E-state index in [2.05, 4.69) is 20.8 Å². The summed E-state index contributed by atoms with van der Waals surface area (Å²) in [5.41, 5.74) is 0.171. The Balaban J connectivity index is 2.00. The second-order valence-electron chi connectivity index (χ2n) is 7.78. The Hall–Kier alpha value is -0.570. The fraction of sp³-hybridized carbons (Fsp3) is 0.938. The lowest BCUT2D eigenvalue weighted by Gasteiger charge is -2.36. The zero-order valence-corrected chi connectivity index (χ0v) is 12.5. The van der Waals surface area contributed by atoms with E-state index in [9.17, 15) is 9.90 Å². The predicted octanol–water partition coefficient (Wildman–Crippen LogP) is 2.62. The van der Waals surface area contributed by atoms with E-state index in [4.69, 9.17) is 4.74 Å². The van der Waals surface area contributed by atoms with E-state index >= 15 is 0 Å². The van der Waals surface area contributed by atoms with Crippen molar-refractivity contribution in [3.05, 3.63) is 0 Å². The molecule has 3 fully saturated rings. The number of aliphatic hydroxyl groups excluding tert-OH is 1. The Morgan fingerprint density at radius 3 is 2.58 bits per heavy atom. The zero-order valence-electron chi connectivity index (χ0n) is 12.5. The maximum absolute atomic E-state index is 12.1. The van der Waals surface area contributed by atoms with Crippen LogP contribution in [0.15, 0.2) is 0 Å². The van der Waals surface area contributed by atoms with Gasteiger partial charge in [0.15, 0.2) is 0 Å². The number of rotatable bonds is 1. The largest absolute Gasteiger partial charge is 0.469 e. The van der Waals surface area contributed by atoms with Gasteiger partial charge in [0.1, 0.15) is 0 Å². The van der Waals surface area contributed by atoms with E-state index in [1.165, 1.54) is 13.5 Å². The van der Waals surface area contributed by atoms with Gasteiger partial charge in [-0.1, -0.05) is 20.8 Å². The first-order chi connectivity index (χ1) is 8.84. The minimum atomic E-state index is -0.273. The molecule has 0 aromatic heterocycles. The molecule has 0 aliphatic heterocycles. The van der Waals surface area contributed by atoms with E-state index in [1.807, 2.05) is 0 Å². The van der Waals surface area contributed by atoms with Crippen molar-refractivity contribution < 1.29 is 14.6 Å². The second kappa shape index (κ2) is 3.97. The smallest absolute Gasteiger partial charge is 0.308 e. The van der Waals surface area contributed by atoms with Gasteiger partial charge in [-0.3, -0.25) is 4.79 Å². The number of carbonyl (C=O) groups excluding carboxylic acids is 1. The van der Waals surface area contributed by atoms with Crippen LogP contribution < -0.4 is 0 Å². The minimum absolute atomic E-state index is 0.0113. The SMILES string of the molecule is COC(=O)[C@@H]1C[C@H]2[C@H](O)C(C)(C)C[C@]23[C@H](C)CC[C@H]13. The lowest BCUT2D eigenvalue weighted by Crippen LogP contribution is -2.33. The number of ether oxygens (including phenoxy) is 1. The summed E-state index contributed by atoms with van der Waals surface area (Å²) in [6.45, 7) is 6.68. The number of esters is 1. The van der Waals surface area contributed by atoms with Crippen molar-refractivity contribution in [1.29, 1.82) is 0 Å². The Morgan fingerprint density at radius 1 is 1.26 bits per heavy atom. The van der Waals surface area contributed by atoms with Crippen molar-refractivity contribution in [1.82, 2.24) is 0 Å². The Kier molecular flexibility index (Phi) is 2.80. The molecule has 3 aliphatic rings. The van der Waals surface area contributed by atoms with Gasteiger partial charge in [-0.15, -0.1) is 0 Å². The van der Waals surface area contributed by atoms with E-state index in [-0.39, 0.29) is 34.7 Å². The van der Waals surface area contributed by atoms with Gasteiger partial charge in [-0.05, 0) is 54.3 Å². The van der Waals surface area contributed by atoms with Gasteiger partial charge < -0.3 is 9.84 Å². The molecule has 1 spiro atoms. The average molecular weight is 266 g/mol. The van der Waals surface area contributed by atoms with Crippen LogP contribution in [0.1, 0.15) is 46.5 Å². The van der Waals surface area contributed by atoms with Crippen molar-refractivity contribution >= 4 is 5.97 Å². The number of hydrogen-bond donors (Lipinski definition) is 1. The molecule has 108 valence electrons. The van der Waals surface area contributed by atoms with Crippen LogP contribution >= 0.6 is 0 Å². The van der Waals surface area contributed by atoms with Crippen molar-refractivity contribution in [2.24, 2.45) is 34.5 Å². The summed E-state index contributed by atoms with van der Waals surface area (Å²) in [6.07, 6.45) is 3.93. The molecule has 0 amide bonds. The third-order valence-corrected chi connectivity index (χ3v) is 6.65. The van der Waals surface area contributed by atoms with Crippen LogP contribution in [0, 0.1) is 34.5 Å². The van der Waals surface area contributed by atoms with Crippen LogP contribution in [0.25, 0.3) is 0 Å². The highest BCUT2D eigenvalue weighted by atomic mass is 16.5. The highest BCUT2D eigenvalue weighted by Crippen LogP contribution is 2.72. The van der Waals surface area contributed by atoms with Crippen molar-refractivity contribution in [3.8, 4) is 0 Å². The lowest BCUT2D eigenvalue weighted by molar-refractivity contribution is -0.147. The van der Waals surface area contributed by atoms with Gasteiger partial charge in [-0.25, -0.2) is 0 Å².